The summed E-state index contributed by atoms with van der Waals surface area (Å²) in [5, 5.41) is 0. The van der Waals surface area contributed by atoms with Gasteiger partial charge in [-0.05, 0) is 0 Å². The maximum atomic E-state index is 9.08. The lowest BCUT2D eigenvalue weighted by molar-refractivity contribution is 0.545. The maximum Gasteiger partial charge on any atom is 0.315 e. The smallest absolute Gasteiger partial charge is 0.315 e. The minimum atomic E-state index is -0.190. The van der Waals surface area contributed by atoms with E-state index in [2.05, 4.69) is 4.21 Å². The Bertz CT molecular complexity index is 20.0. The lowest BCUT2D eigenvalue weighted by atomic mass is 15.8. The average molecular weight is 94.1 g/mol. The Morgan fingerprint density at radius 3 is 2.25 bits per heavy atom. The summed E-state index contributed by atoms with van der Waals surface area (Å²) >= 11 is 0. The molecule has 0 aliphatic carbocycles. The van der Waals surface area contributed by atoms with Crippen molar-refractivity contribution in [3.05, 3.63) is 0 Å². The predicted molar refractivity (Wildman–Crippen MR) is 18.6 cm³/mol. The van der Waals surface area contributed by atoms with Gasteiger partial charge in [-0.2, -0.15) is 0 Å². The molecule has 4 heteroatoms. The van der Waals surface area contributed by atoms with Crippen LogP contribution in [-0.2, 0) is 8.78 Å². The molecule has 0 spiro atoms. The summed E-state index contributed by atoms with van der Waals surface area (Å²) in [7, 11) is 0.375. The van der Waals surface area contributed by atoms with Crippen LogP contribution in [0.1, 0.15) is 0 Å². The topological polar surface area (TPSA) is 26.3 Å². The molecule has 24 valence electrons. The van der Waals surface area contributed by atoms with Crippen LogP contribution in [0.25, 0.3) is 0 Å². The van der Waals surface area contributed by atoms with Gasteiger partial charge in [-0.25, -0.2) is 4.57 Å². The number of rotatable bonds is 1. The van der Waals surface area contributed by atoms with Gasteiger partial charge in [0.15, 0.2) is 10.5 Å². The minimum absolute atomic E-state index is 0.190. The highest BCUT2D eigenvalue weighted by Crippen LogP contribution is 1.82. The van der Waals surface area contributed by atoms with E-state index in [1.807, 2.05) is 0 Å². The highest BCUT2D eigenvalue weighted by atomic mass is 31.1. The van der Waals surface area contributed by atoms with Crippen LogP contribution in [-0.4, -0.2) is 10.5 Å². The van der Waals surface area contributed by atoms with Gasteiger partial charge in [0, 0.05) is 0 Å². The van der Waals surface area contributed by atoms with E-state index in [-0.39, 0.29) is 8.69 Å². The third-order valence-electron chi connectivity index (χ3n) is 0.0745. The van der Waals surface area contributed by atoms with E-state index in [0.29, 0.717) is 10.5 Å². The summed E-state index contributed by atoms with van der Waals surface area (Å²) in [4.78, 5) is 0. The summed E-state index contributed by atoms with van der Waals surface area (Å²) in [6.07, 6.45) is 0. The van der Waals surface area contributed by atoms with Crippen molar-refractivity contribution in [2.75, 3.05) is 0 Å². The summed E-state index contributed by atoms with van der Waals surface area (Å²) in [6.45, 7) is 0. The van der Waals surface area contributed by atoms with Gasteiger partial charge in [0.2, 0.25) is 0 Å². The second-order valence-electron chi connectivity index (χ2n) is 0.257. The molecule has 0 aromatic carbocycles. The summed E-state index contributed by atoms with van der Waals surface area (Å²) < 4.78 is 13.2. The van der Waals surface area contributed by atoms with Crippen LogP contribution < -0.4 is 0 Å². The van der Waals surface area contributed by atoms with Crippen LogP contribution in [0.15, 0.2) is 0 Å². The fourth-order valence-corrected chi connectivity index (χ4v) is 0. The molecule has 2 nitrogen and oxygen atoms in total. The van der Waals surface area contributed by atoms with Crippen LogP contribution >= 0.6 is 8.69 Å². The van der Waals surface area contributed by atoms with Gasteiger partial charge in [-0.15, -0.1) is 0 Å². The van der Waals surface area contributed by atoms with Gasteiger partial charge in [-0.1, -0.05) is 0 Å². The Morgan fingerprint density at radius 1 is 2.00 bits per heavy atom. The Morgan fingerprint density at radius 2 is 2.25 bits per heavy atom. The van der Waals surface area contributed by atoms with Gasteiger partial charge >= 0.3 is 8.69 Å². The Kier molecular flexibility index (Phi) is 3.50. The normalized spacial score (nSPS) is 9.00. The van der Waals surface area contributed by atoms with Crippen molar-refractivity contribution >= 4 is 19.2 Å². The Labute approximate surface area is 29.0 Å². The predicted octanol–water partition coefficient (Wildman–Crippen LogP) is -0.510. The van der Waals surface area contributed by atoms with Crippen molar-refractivity contribution < 1.29 is 8.78 Å². The van der Waals surface area contributed by atoms with Gasteiger partial charge in [0.25, 0.3) is 0 Å². The SMILES string of the molecule is O=PO[SiH3]. The van der Waals surface area contributed by atoms with Crippen LogP contribution in [0.4, 0.5) is 0 Å². The zero-order valence-electron chi connectivity index (χ0n) is 2.26. The molecule has 0 radical (unpaired) electrons. The van der Waals surface area contributed by atoms with Crippen LogP contribution in [0, 0.1) is 0 Å². The van der Waals surface area contributed by atoms with E-state index < -0.39 is 0 Å². The van der Waals surface area contributed by atoms with Gasteiger partial charge in [0.1, 0.15) is 0 Å². The van der Waals surface area contributed by atoms with Gasteiger partial charge in [0.05, 0.1) is 0 Å². The van der Waals surface area contributed by atoms with Crippen molar-refractivity contribution in [1.29, 1.82) is 0 Å². The summed E-state index contributed by atoms with van der Waals surface area (Å²) in [6, 6.07) is 0. The fraction of sp³-hybridized carbons (Fsp3) is 0. The van der Waals surface area contributed by atoms with E-state index in [1.165, 1.54) is 0 Å². The molecule has 0 saturated carbocycles. The van der Waals surface area contributed by atoms with Crippen molar-refractivity contribution in [2.24, 2.45) is 0 Å². The standard InChI is InChI=1S/H3O2PSi/c1-3-2-4/h4H3. The van der Waals surface area contributed by atoms with E-state index >= 15 is 0 Å². The largest absolute Gasteiger partial charge is 0.350 e. The molecule has 0 fully saturated rings. The molecule has 0 aliphatic rings. The molecular formula is H3O2PSi. The van der Waals surface area contributed by atoms with Crippen LogP contribution in [0.5, 0.6) is 0 Å². The van der Waals surface area contributed by atoms with Gasteiger partial charge in [-0.3, -0.25) is 0 Å². The second kappa shape index (κ2) is 3.28. The van der Waals surface area contributed by atoms with E-state index in [0.717, 1.165) is 0 Å². The number of hydrogen-bond acceptors (Lipinski definition) is 2. The molecule has 0 heterocycles. The zero-order chi connectivity index (χ0) is 3.41. The molecule has 0 rings (SSSR count). The van der Waals surface area contributed by atoms with Crippen LogP contribution in [0.3, 0.4) is 0 Å². The fourth-order valence-electron chi connectivity index (χ4n) is 0. The average Bonchev–Trinajstić information content (AvgIpc) is 1.37. The zero-order valence-corrected chi connectivity index (χ0v) is 5.16. The Balaban J connectivity index is 2.30. The minimum Gasteiger partial charge on any atom is -0.350 e. The first-order valence-corrected chi connectivity index (χ1v) is 2.32. The molecule has 0 N–H and O–H groups in total. The Hall–Kier alpha value is 0.277. The van der Waals surface area contributed by atoms with Gasteiger partial charge < -0.3 is 4.21 Å². The molecule has 0 saturated heterocycles. The van der Waals surface area contributed by atoms with E-state index in [4.69, 9.17) is 4.57 Å². The first-order chi connectivity index (χ1) is 1.91. The molecule has 0 atom stereocenters. The molecular weight excluding hydrogens is 91.1 g/mol. The highest BCUT2D eigenvalue weighted by molar-refractivity contribution is 7.18. The van der Waals surface area contributed by atoms with Crippen molar-refractivity contribution in [2.45, 2.75) is 0 Å². The number of hydrogen-bond donors (Lipinski definition) is 0. The lowest BCUT2D eigenvalue weighted by Crippen LogP contribution is -1.48. The highest BCUT2D eigenvalue weighted by Gasteiger charge is 1.51. The first kappa shape index (κ1) is 4.28. The summed E-state index contributed by atoms with van der Waals surface area (Å²) in [5.74, 6) is 0. The summed E-state index contributed by atoms with van der Waals surface area (Å²) in [5.41, 5.74) is 0. The van der Waals surface area contributed by atoms with E-state index in [9.17, 15) is 0 Å². The molecule has 4 heavy (non-hydrogen) atoms. The third-order valence-corrected chi connectivity index (χ3v) is 0.671. The molecule has 0 aromatic heterocycles. The second-order valence-corrected chi connectivity index (χ2v) is 1.87. The van der Waals surface area contributed by atoms with Crippen molar-refractivity contribution in [3.8, 4) is 0 Å². The quantitative estimate of drug-likeness (QED) is 0.323. The van der Waals surface area contributed by atoms with Crippen molar-refractivity contribution in [1.82, 2.24) is 0 Å². The van der Waals surface area contributed by atoms with Crippen LogP contribution in [0.2, 0.25) is 0 Å². The molecule has 0 aromatic rings. The molecule has 0 aliphatic heterocycles. The lowest BCUT2D eigenvalue weighted by Gasteiger charge is -1.58. The molecule has 0 amide bonds. The maximum absolute atomic E-state index is 9.08. The van der Waals surface area contributed by atoms with E-state index in [1.54, 1.807) is 0 Å². The monoisotopic (exact) mass is 94.0 g/mol. The first-order valence-electron chi connectivity index (χ1n) is 0.773. The molecule has 0 bridgehead atoms. The molecule has 0 unspecified atom stereocenters. The van der Waals surface area contributed by atoms with Crippen molar-refractivity contribution in [3.63, 3.8) is 0 Å². The third kappa shape index (κ3) is 2.28.